The maximum atomic E-state index is 5.36. The fourth-order valence-corrected chi connectivity index (χ4v) is 2.30. The Labute approximate surface area is 150 Å². The lowest BCUT2D eigenvalue weighted by Gasteiger charge is -2.13. The van der Waals surface area contributed by atoms with Crippen LogP contribution in [0, 0.1) is 0 Å². The fourth-order valence-electron chi connectivity index (χ4n) is 2.30. The van der Waals surface area contributed by atoms with Crippen LogP contribution < -0.4 is 15.5 Å². The highest BCUT2D eigenvalue weighted by Crippen LogP contribution is 2.15. The minimum atomic E-state index is 0.364. The maximum absolute atomic E-state index is 5.36. The van der Waals surface area contributed by atoms with E-state index in [4.69, 9.17) is 4.52 Å². The largest absolute Gasteiger partial charge is 0.378 e. The van der Waals surface area contributed by atoms with Gasteiger partial charge in [0.1, 0.15) is 0 Å². The van der Waals surface area contributed by atoms with Crippen LogP contribution in [0.1, 0.15) is 43.7 Å². The zero-order valence-corrected chi connectivity index (χ0v) is 15.8. The molecule has 1 aromatic carbocycles. The van der Waals surface area contributed by atoms with Crippen LogP contribution in [0.4, 0.5) is 5.69 Å². The van der Waals surface area contributed by atoms with Crippen molar-refractivity contribution in [2.24, 2.45) is 4.99 Å². The van der Waals surface area contributed by atoms with Crippen molar-refractivity contribution in [3.05, 3.63) is 47.3 Å². The predicted octanol–water partition coefficient (Wildman–Crippen LogP) is 3.12. The molecule has 0 saturated carbocycles. The molecule has 2 aromatic rings. The van der Waals surface area contributed by atoms with E-state index in [0.717, 1.165) is 24.0 Å². The number of hydrogen-bond donors (Lipinski definition) is 2. The normalized spacial score (nSPS) is 11.7. The summed E-state index contributed by atoms with van der Waals surface area (Å²) >= 11 is 0. The fraction of sp³-hybridized carbons (Fsp3) is 0.474. The van der Waals surface area contributed by atoms with Crippen molar-refractivity contribution in [3.63, 3.8) is 0 Å². The maximum Gasteiger partial charge on any atom is 0.191 e. The number of aliphatic imine (C=N–C) groups is 1. The molecule has 6 nitrogen and oxygen atoms in total. The van der Waals surface area contributed by atoms with E-state index in [2.05, 4.69) is 70.7 Å². The molecule has 0 saturated heterocycles. The van der Waals surface area contributed by atoms with Gasteiger partial charge in [-0.15, -0.1) is 0 Å². The highest BCUT2D eigenvalue weighted by Gasteiger charge is 2.08. The lowest BCUT2D eigenvalue weighted by molar-refractivity contribution is 0.372. The summed E-state index contributed by atoms with van der Waals surface area (Å²) in [6.45, 7) is 8.23. The first-order valence-corrected chi connectivity index (χ1v) is 8.73. The molecule has 0 aliphatic carbocycles. The van der Waals surface area contributed by atoms with Gasteiger partial charge in [-0.2, -0.15) is 0 Å². The molecule has 0 amide bonds. The molecule has 0 spiro atoms. The highest BCUT2D eigenvalue weighted by atomic mass is 16.5. The van der Waals surface area contributed by atoms with Gasteiger partial charge in [-0.3, -0.25) is 0 Å². The van der Waals surface area contributed by atoms with Crippen LogP contribution >= 0.6 is 0 Å². The van der Waals surface area contributed by atoms with Crippen molar-refractivity contribution in [1.29, 1.82) is 0 Å². The molecular formula is C19H29N5O. The average molecular weight is 343 g/mol. The van der Waals surface area contributed by atoms with Gasteiger partial charge in [-0.1, -0.05) is 31.1 Å². The van der Waals surface area contributed by atoms with Crippen LogP contribution in [0.5, 0.6) is 0 Å². The van der Waals surface area contributed by atoms with E-state index in [9.17, 15) is 0 Å². The molecule has 25 heavy (non-hydrogen) atoms. The highest BCUT2D eigenvalue weighted by molar-refractivity contribution is 5.79. The summed E-state index contributed by atoms with van der Waals surface area (Å²) < 4.78 is 5.36. The van der Waals surface area contributed by atoms with Crippen molar-refractivity contribution in [1.82, 2.24) is 15.8 Å². The van der Waals surface area contributed by atoms with Gasteiger partial charge in [-0.25, -0.2) is 4.99 Å². The Hall–Kier alpha value is -2.50. The summed E-state index contributed by atoms with van der Waals surface area (Å²) in [5, 5.41) is 10.6. The number of benzene rings is 1. The Kier molecular flexibility index (Phi) is 6.86. The molecule has 0 aliphatic heterocycles. The molecule has 0 fully saturated rings. The van der Waals surface area contributed by atoms with Crippen molar-refractivity contribution >= 4 is 11.6 Å². The van der Waals surface area contributed by atoms with E-state index < -0.39 is 0 Å². The molecule has 1 heterocycles. The van der Waals surface area contributed by atoms with E-state index in [1.165, 1.54) is 11.3 Å². The average Bonchev–Trinajstić information content (AvgIpc) is 3.07. The standard InChI is InChI=1S/C19H29N5O/c1-6-20-19(22-13-17-11-18(14(2)3)23-25-17)21-12-15-8-7-9-16(10-15)24(4)5/h7-11,14H,6,12-13H2,1-5H3,(H2,20,21,22). The number of aromatic nitrogens is 1. The van der Waals surface area contributed by atoms with Crippen molar-refractivity contribution in [2.75, 3.05) is 25.5 Å². The van der Waals surface area contributed by atoms with E-state index >= 15 is 0 Å². The smallest absolute Gasteiger partial charge is 0.191 e. The molecule has 0 radical (unpaired) electrons. The second kappa shape index (κ2) is 9.11. The topological polar surface area (TPSA) is 65.7 Å². The number of nitrogens with one attached hydrogen (secondary N) is 2. The van der Waals surface area contributed by atoms with Crippen LogP contribution in [0.25, 0.3) is 0 Å². The van der Waals surface area contributed by atoms with Gasteiger partial charge in [0.05, 0.1) is 18.8 Å². The lowest BCUT2D eigenvalue weighted by atomic mass is 10.1. The molecule has 0 aliphatic rings. The van der Waals surface area contributed by atoms with Crippen LogP contribution in [0.2, 0.25) is 0 Å². The first-order chi connectivity index (χ1) is 12.0. The van der Waals surface area contributed by atoms with Crippen LogP contribution in [-0.2, 0) is 13.1 Å². The Morgan fingerprint density at radius 1 is 1.24 bits per heavy atom. The monoisotopic (exact) mass is 343 g/mol. The third-order valence-corrected chi connectivity index (χ3v) is 3.79. The van der Waals surface area contributed by atoms with Crippen molar-refractivity contribution in [2.45, 2.75) is 39.8 Å². The summed E-state index contributed by atoms with van der Waals surface area (Å²) in [6.07, 6.45) is 0. The van der Waals surface area contributed by atoms with Gasteiger partial charge in [0.15, 0.2) is 11.7 Å². The summed E-state index contributed by atoms with van der Waals surface area (Å²) in [6, 6.07) is 10.4. The first kappa shape index (κ1) is 18.8. The Bertz CT molecular complexity index is 691. The molecular weight excluding hydrogens is 314 g/mol. The SMILES string of the molecule is CCNC(=NCc1cccc(N(C)C)c1)NCc1cc(C(C)C)no1. The summed E-state index contributed by atoms with van der Waals surface area (Å²) in [5.74, 6) is 1.94. The number of rotatable bonds is 7. The van der Waals surface area contributed by atoms with Gasteiger partial charge < -0.3 is 20.1 Å². The molecule has 6 heteroatoms. The molecule has 136 valence electrons. The third kappa shape index (κ3) is 5.81. The van der Waals surface area contributed by atoms with Crippen molar-refractivity contribution < 1.29 is 4.52 Å². The molecule has 0 bridgehead atoms. The zero-order chi connectivity index (χ0) is 18.2. The molecule has 0 atom stereocenters. The third-order valence-electron chi connectivity index (χ3n) is 3.79. The van der Waals surface area contributed by atoms with Crippen molar-refractivity contribution in [3.8, 4) is 0 Å². The van der Waals surface area contributed by atoms with Gasteiger partial charge in [0.2, 0.25) is 0 Å². The number of guanidine groups is 1. The first-order valence-electron chi connectivity index (χ1n) is 8.73. The Balaban J connectivity index is 1.98. The minimum Gasteiger partial charge on any atom is -0.378 e. The van der Waals surface area contributed by atoms with Gasteiger partial charge in [0.25, 0.3) is 0 Å². The van der Waals surface area contributed by atoms with E-state index in [1.54, 1.807) is 0 Å². The summed E-state index contributed by atoms with van der Waals surface area (Å²) in [5.41, 5.74) is 3.32. The van der Waals surface area contributed by atoms with Gasteiger partial charge >= 0.3 is 0 Å². The van der Waals surface area contributed by atoms with Crippen LogP contribution in [0.3, 0.4) is 0 Å². The quantitative estimate of drug-likeness (QED) is 0.597. The lowest BCUT2D eigenvalue weighted by Crippen LogP contribution is -2.36. The number of hydrogen-bond acceptors (Lipinski definition) is 4. The molecule has 2 N–H and O–H groups in total. The molecule has 0 unspecified atom stereocenters. The summed E-state index contributed by atoms with van der Waals surface area (Å²) in [4.78, 5) is 6.75. The Morgan fingerprint density at radius 2 is 2.04 bits per heavy atom. The second-order valence-electron chi connectivity index (χ2n) is 6.49. The number of nitrogens with zero attached hydrogens (tertiary/aromatic N) is 3. The van der Waals surface area contributed by atoms with Crippen LogP contribution in [0.15, 0.2) is 39.8 Å². The Morgan fingerprint density at radius 3 is 2.68 bits per heavy atom. The summed E-state index contributed by atoms with van der Waals surface area (Å²) in [7, 11) is 4.08. The predicted molar refractivity (Wildman–Crippen MR) is 103 cm³/mol. The molecule has 1 aromatic heterocycles. The second-order valence-corrected chi connectivity index (χ2v) is 6.49. The van der Waals surface area contributed by atoms with Gasteiger partial charge in [0, 0.05) is 32.4 Å². The zero-order valence-electron chi connectivity index (χ0n) is 15.8. The van der Waals surface area contributed by atoms with Gasteiger partial charge in [-0.05, 0) is 30.5 Å². The number of anilines is 1. The van der Waals surface area contributed by atoms with E-state index in [-0.39, 0.29) is 0 Å². The van der Waals surface area contributed by atoms with E-state index in [1.807, 2.05) is 20.2 Å². The van der Waals surface area contributed by atoms with E-state index in [0.29, 0.717) is 19.0 Å². The van der Waals surface area contributed by atoms with Crippen LogP contribution in [-0.4, -0.2) is 31.8 Å². The minimum absolute atomic E-state index is 0.364. The molecule has 2 rings (SSSR count).